The van der Waals surface area contributed by atoms with Crippen LogP contribution in [0.2, 0.25) is 5.15 Å². The van der Waals surface area contributed by atoms with Crippen LogP contribution in [-0.2, 0) is 24.5 Å². The molecule has 0 saturated carbocycles. The molecule has 8 heteroatoms. The lowest BCUT2D eigenvalue weighted by Crippen LogP contribution is -2.13. The van der Waals surface area contributed by atoms with Gasteiger partial charge in [-0.1, -0.05) is 35.9 Å². The SMILES string of the molecule is Cc1nn(Cc2ccc(F)cc2)c(Cl)c1C(=O)Nc1cccc(COCc2ccco2)c1. The number of carbonyl (C=O) groups is 1. The molecule has 0 fully saturated rings. The highest BCUT2D eigenvalue weighted by Gasteiger charge is 2.20. The molecule has 164 valence electrons. The Kier molecular flexibility index (Phi) is 6.68. The lowest BCUT2D eigenvalue weighted by Gasteiger charge is -2.08. The topological polar surface area (TPSA) is 69.3 Å². The molecule has 4 aromatic rings. The largest absolute Gasteiger partial charge is 0.467 e. The number of benzene rings is 2. The van der Waals surface area contributed by atoms with Gasteiger partial charge in [0.2, 0.25) is 0 Å². The number of amides is 1. The number of furan rings is 1. The molecular formula is C24H21ClFN3O3. The second-order valence-corrected chi connectivity index (χ2v) is 7.62. The molecule has 32 heavy (non-hydrogen) atoms. The molecule has 0 unspecified atom stereocenters. The monoisotopic (exact) mass is 453 g/mol. The van der Waals surface area contributed by atoms with Crippen LogP contribution >= 0.6 is 11.6 Å². The van der Waals surface area contributed by atoms with Crippen LogP contribution in [0, 0.1) is 12.7 Å². The van der Waals surface area contributed by atoms with Gasteiger partial charge in [-0.25, -0.2) is 9.07 Å². The van der Waals surface area contributed by atoms with E-state index in [1.807, 2.05) is 30.3 Å². The lowest BCUT2D eigenvalue weighted by molar-refractivity contribution is 0.0929. The van der Waals surface area contributed by atoms with E-state index in [0.29, 0.717) is 36.7 Å². The maximum absolute atomic E-state index is 13.1. The van der Waals surface area contributed by atoms with Crippen LogP contribution < -0.4 is 5.32 Å². The van der Waals surface area contributed by atoms with Gasteiger partial charge in [0, 0.05) is 5.69 Å². The molecule has 0 bridgehead atoms. The first-order valence-corrected chi connectivity index (χ1v) is 10.3. The van der Waals surface area contributed by atoms with E-state index >= 15 is 0 Å². The maximum atomic E-state index is 13.1. The summed E-state index contributed by atoms with van der Waals surface area (Å²) in [6, 6.07) is 17.1. The molecule has 0 aliphatic rings. The van der Waals surface area contributed by atoms with Gasteiger partial charge in [0.1, 0.15) is 23.3 Å². The first kappa shape index (κ1) is 21.8. The molecule has 0 aliphatic carbocycles. The standard InChI is InChI=1S/C24H21ClFN3O3/c1-16-22(23(25)29(28-16)13-17-7-9-19(26)10-8-17)24(30)27-20-5-2-4-18(12-20)14-31-15-21-6-3-11-32-21/h2-12H,13-15H2,1H3,(H,27,30). The molecule has 2 aromatic heterocycles. The van der Waals surface area contributed by atoms with Gasteiger partial charge in [0.05, 0.1) is 30.7 Å². The van der Waals surface area contributed by atoms with E-state index in [0.717, 1.165) is 16.9 Å². The van der Waals surface area contributed by atoms with Gasteiger partial charge in [-0.2, -0.15) is 5.10 Å². The number of halogens is 2. The summed E-state index contributed by atoms with van der Waals surface area (Å²) in [6.45, 7) is 2.79. The zero-order chi connectivity index (χ0) is 22.5. The smallest absolute Gasteiger partial charge is 0.260 e. The molecule has 6 nitrogen and oxygen atoms in total. The number of nitrogens with zero attached hydrogens (tertiary/aromatic N) is 2. The van der Waals surface area contributed by atoms with Crippen LogP contribution in [-0.4, -0.2) is 15.7 Å². The number of nitrogens with one attached hydrogen (secondary N) is 1. The van der Waals surface area contributed by atoms with E-state index in [2.05, 4.69) is 10.4 Å². The van der Waals surface area contributed by atoms with E-state index in [1.54, 1.807) is 31.4 Å². The fraction of sp³-hybridized carbons (Fsp3) is 0.167. The number of hydrogen-bond donors (Lipinski definition) is 1. The second-order valence-electron chi connectivity index (χ2n) is 7.26. The van der Waals surface area contributed by atoms with Crippen LogP contribution in [0.3, 0.4) is 0 Å². The zero-order valence-corrected chi connectivity index (χ0v) is 18.1. The summed E-state index contributed by atoms with van der Waals surface area (Å²) in [5, 5.41) is 7.47. The van der Waals surface area contributed by atoms with Crippen molar-refractivity contribution in [3.63, 3.8) is 0 Å². The van der Waals surface area contributed by atoms with Gasteiger partial charge < -0.3 is 14.5 Å². The third-order valence-corrected chi connectivity index (χ3v) is 5.20. The maximum Gasteiger partial charge on any atom is 0.260 e. The highest BCUT2D eigenvalue weighted by atomic mass is 35.5. The Morgan fingerprint density at radius 1 is 1.12 bits per heavy atom. The minimum absolute atomic E-state index is 0.224. The van der Waals surface area contributed by atoms with Crippen molar-refractivity contribution in [3.8, 4) is 0 Å². The molecule has 0 radical (unpaired) electrons. The molecular weight excluding hydrogens is 433 g/mol. The third kappa shape index (κ3) is 5.25. The van der Waals surface area contributed by atoms with Gasteiger partial charge in [0.25, 0.3) is 5.91 Å². The first-order valence-electron chi connectivity index (χ1n) is 9.97. The molecule has 4 rings (SSSR count). The van der Waals surface area contributed by atoms with Crippen molar-refractivity contribution >= 4 is 23.2 Å². The Bertz CT molecular complexity index is 1200. The molecule has 0 saturated heterocycles. The van der Waals surface area contributed by atoms with Gasteiger partial charge in [-0.3, -0.25) is 4.79 Å². The van der Waals surface area contributed by atoms with Gasteiger partial charge in [-0.15, -0.1) is 0 Å². The normalized spacial score (nSPS) is 11.0. The number of ether oxygens (including phenoxy) is 1. The van der Waals surface area contributed by atoms with Crippen molar-refractivity contribution in [2.75, 3.05) is 5.32 Å². The fourth-order valence-corrected chi connectivity index (χ4v) is 3.60. The van der Waals surface area contributed by atoms with Crippen LogP contribution in [0.4, 0.5) is 10.1 Å². The summed E-state index contributed by atoms with van der Waals surface area (Å²) in [5.41, 5.74) is 3.16. The number of hydrogen-bond acceptors (Lipinski definition) is 4. The lowest BCUT2D eigenvalue weighted by atomic mass is 10.2. The quantitative estimate of drug-likeness (QED) is 0.377. The minimum Gasteiger partial charge on any atom is -0.467 e. The predicted molar refractivity (Wildman–Crippen MR) is 119 cm³/mol. The molecule has 2 aromatic carbocycles. The summed E-state index contributed by atoms with van der Waals surface area (Å²) < 4.78 is 25.6. The number of aromatic nitrogens is 2. The van der Waals surface area contributed by atoms with Gasteiger partial charge in [0.15, 0.2) is 0 Å². The molecule has 2 heterocycles. The summed E-state index contributed by atoms with van der Waals surface area (Å²) in [5.74, 6) is 0.0777. The van der Waals surface area contributed by atoms with E-state index < -0.39 is 0 Å². The van der Waals surface area contributed by atoms with Crippen LogP contribution in [0.15, 0.2) is 71.3 Å². The van der Waals surface area contributed by atoms with Crippen LogP contribution in [0.5, 0.6) is 0 Å². The summed E-state index contributed by atoms with van der Waals surface area (Å²) in [4.78, 5) is 12.9. The highest BCUT2D eigenvalue weighted by Crippen LogP contribution is 2.23. The number of aryl methyl sites for hydroxylation is 1. The average molecular weight is 454 g/mol. The number of carbonyl (C=O) groups excluding carboxylic acids is 1. The van der Waals surface area contributed by atoms with E-state index in [9.17, 15) is 9.18 Å². The molecule has 0 atom stereocenters. The van der Waals surface area contributed by atoms with Gasteiger partial charge >= 0.3 is 0 Å². The van der Waals surface area contributed by atoms with Crippen molar-refractivity contribution in [2.24, 2.45) is 0 Å². The summed E-state index contributed by atoms with van der Waals surface area (Å²) >= 11 is 6.46. The number of rotatable bonds is 8. The Labute approximate surface area is 189 Å². The number of anilines is 1. The van der Waals surface area contributed by atoms with Crippen LogP contribution in [0.1, 0.15) is 32.9 Å². The zero-order valence-electron chi connectivity index (χ0n) is 17.3. The van der Waals surface area contributed by atoms with Crippen molar-refractivity contribution in [2.45, 2.75) is 26.7 Å². The van der Waals surface area contributed by atoms with Crippen molar-refractivity contribution in [1.29, 1.82) is 0 Å². The Balaban J connectivity index is 1.42. The van der Waals surface area contributed by atoms with E-state index in [-0.39, 0.29) is 16.9 Å². The fourth-order valence-electron chi connectivity index (χ4n) is 3.28. The van der Waals surface area contributed by atoms with Crippen molar-refractivity contribution in [1.82, 2.24) is 9.78 Å². The average Bonchev–Trinajstić information content (AvgIpc) is 3.38. The third-order valence-electron chi connectivity index (χ3n) is 4.82. The van der Waals surface area contributed by atoms with Crippen molar-refractivity contribution < 1.29 is 18.3 Å². The second kappa shape index (κ2) is 9.80. The van der Waals surface area contributed by atoms with Crippen molar-refractivity contribution in [3.05, 3.63) is 106 Å². The Morgan fingerprint density at radius 3 is 2.69 bits per heavy atom. The predicted octanol–water partition coefficient (Wildman–Crippen LogP) is 5.59. The minimum atomic E-state index is -0.355. The molecule has 0 spiro atoms. The highest BCUT2D eigenvalue weighted by molar-refractivity contribution is 6.33. The Morgan fingerprint density at radius 2 is 1.94 bits per heavy atom. The molecule has 1 amide bonds. The van der Waals surface area contributed by atoms with E-state index in [4.69, 9.17) is 20.8 Å². The first-order chi connectivity index (χ1) is 15.5. The molecule has 0 aliphatic heterocycles. The molecule has 1 N–H and O–H groups in total. The summed E-state index contributed by atoms with van der Waals surface area (Å²) in [7, 11) is 0. The summed E-state index contributed by atoms with van der Waals surface area (Å²) in [6.07, 6.45) is 1.60. The van der Waals surface area contributed by atoms with Gasteiger partial charge in [-0.05, 0) is 54.4 Å². The van der Waals surface area contributed by atoms with E-state index in [1.165, 1.54) is 16.8 Å². The Hall–Kier alpha value is -3.42. The van der Waals surface area contributed by atoms with Crippen LogP contribution in [0.25, 0.3) is 0 Å².